The summed E-state index contributed by atoms with van der Waals surface area (Å²) in [6.45, 7) is 0.179. The van der Waals surface area contributed by atoms with Crippen molar-refractivity contribution >= 4 is 6.03 Å². The van der Waals surface area contributed by atoms with E-state index in [9.17, 15) is 4.79 Å². The molecule has 2 unspecified atom stereocenters. The molecule has 1 rings (SSSR count). The second-order valence-electron chi connectivity index (χ2n) is 4.18. The van der Waals surface area contributed by atoms with Crippen LogP contribution in [0.3, 0.4) is 0 Å². The van der Waals surface area contributed by atoms with Gasteiger partial charge in [-0.2, -0.15) is 0 Å². The topological polar surface area (TPSA) is 52.6 Å². The molecule has 2 atom stereocenters. The van der Waals surface area contributed by atoms with Crippen LogP contribution in [0.2, 0.25) is 0 Å². The van der Waals surface area contributed by atoms with Crippen molar-refractivity contribution in [2.24, 2.45) is 5.92 Å². The second-order valence-corrected chi connectivity index (χ2v) is 4.18. The molecule has 4 nitrogen and oxygen atoms in total. The van der Waals surface area contributed by atoms with Crippen molar-refractivity contribution in [1.29, 1.82) is 0 Å². The van der Waals surface area contributed by atoms with E-state index in [1.165, 1.54) is 11.3 Å². The molecule has 0 heterocycles. The molecule has 82 valence electrons. The highest BCUT2D eigenvalue weighted by Crippen LogP contribution is 2.23. The second kappa shape index (κ2) is 5.20. The predicted molar refractivity (Wildman–Crippen MR) is 55.1 cm³/mol. The fourth-order valence-corrected chi connectivity index (χ4v) is 1.90. The molecule has 1 aliphatic rings. The monoisotopic (exact) mass is 200 g/mol. The molecule has 0 aromatic rings. The van der Waals surface area contributed by atoms with E-state index in [0.29, 0.717) is 0 Å². The molecule has 0 aromatic carbocycles. The van der Waals surface area contributed by atoms with Crippen LogP contribution in [0.1, 0.15) is 25.7 Å². The molecule has 4 heteroatoms. The fourth-order valence-electron chi connectivity index (χ4n) is 1.90. The highest BCUT2D eigenvalue weighted by molar-refractivity contribution is 5.73. The quantitative estimate of drug-likeness (QED) is 0.693. The summed E-state index contributed by atoms with van der Waals surface area (Å²) < 4.78 is 0. The first-order valence-corrected chi connectivity index (χ1v) is 5.24. The van der Waals surface area contributed by atoms with E-state index in [1.54, 1.807) is 14.1 Å². The summed E-state index contributed by atoms with van der Waals surface area (Å²) in [4.78, 5) is 12.9. The number of nitrogens with one attached hydrogen (secondary N) is 1. The summed E-state index contributed by atoms with van der Waals surface area (Å²) in [6.07, 6.45) is 4.33. The maximum absolute atomic E-state index is 11.4. The number of hydrogen-bond donors (Lipinski definition) is 2. The van der Waals surface area contributed by atoms with Gasteiger partial charge in [0.1, 0.15) is 0 Å². The Morgan fingerprint density at radius 1 is 1.43 bits per heavy atom. The molecular formula is C10H20N2O2. The SMILES string of the molecule is CN(C)C(=O)NC1CCCCC1CO. The van der Waals surface area contributed by atoms with Crippen LogP contribution in [-0.4, -0.2) is 42.8 Å². The van der Waals surface area contributed by atoms with Crippen molar-refractivity contribution < 1.29 is 9.90 Å². The highest BCUT2D eigenvalue weighted by atomic mass is 16.3. The molecule has 14 heavy (non-hydrogen) atoms. The van der Waals surface area contributed by atoms with Gasteiger partial charge in [-0.3, -0.25) is 0 Å². The Morgan fingerprint density at radius 3 is 2.64 bits per heavy atom. The Balaban J connectivity index is 2.44. The van der Waals surface area contributed by atoms with E-state index in [2.05, 4.69) is 5.32 Å². The molecule has 2 N–H and O–H groups in total. The normalized spacial score (nSPS) is 27.1. The lowest BCUT2D eigenvalue weighted by Crippen LogP contribution is -2.47. The molecule has 0 saturated heterocycles. The zero-order valence-electron chi connectivity index (χ0n) is 8.99. The van der Waals surface area contributed by atoms with Gasteiger partial charge >= 0.3 is 6.03 Å². The minimum atomic E-state index is -0.0599. The first kappa shape index (κ1) is 11.3. The maximum Gasteiger partial charge on any atom is 0.317 e. The molecule has 0 aliphatic heterocycles. The summed E-state index contributed by atoms with van der Waals surface area (Å²) >= 11 is 0. The Labute approximate surface area is 85.3 Å². The van der Waals surface area contributed by atoms with E-state index >= 15 is 0 Å². The van der Waals surface area contributed by atoms with Crippen LogP contribution in [0.15, 0.2) is 0 Å². The molecular weight excluding hydrogens is 180 g/mol. The number of carbonyl (C=O) groups excluding carboxylic acids is 1. The largest absolute Gasteiger partial charge is 0.396 e. The average Bonchev–Trinajstić information content (AvgIpc) is 2.18. The van der Waals surface area contributed by atoms with Gasteiger partial charge in [0.15, 0.2) is 0 Å². The first-order valence-electron chi connectivity index (χ1n) is 5.24. The Bertz CT molecular complexity index is 195. The van der Waals surface area contributed by atoms with Gasteiger partial charge in [0, 0.05) is 32.7 Å². The van der Waals surface area contributed by atoms with Gasteiger partial charge in [-0.25, -0.2) is 4.79 Å². The lowest BCUT2D eigenvalue weighted by Gasteiger charge is -2.31. The van der Waals surface area contributed by atoms with Crippen LogP contribution in [0.5, 0.6) is 0 Å². The highest BCUT2D eigenvalue weighted by Gasteiger charge is 2.25. The van der Waals surface area contributed by atoms with Crippen molar-refractivity contribution in [3.63, 3.8) is 0 Å². The third kappa shape index (κ3) is 2.87. The third-order valence-electron chi connectivity index (χ3n) is 2.86. The Kier molecular flexibility index (Phi) is 4.20. The summed E-state index contributed by atoms with van der Waals surface area (Å²) in [5.41, 5.74) is 0. The van der Waals surface area contributed by atoms with Gasteiger partial charge in [0.25, 0.3) is 0 Å². The predicted octanol–water partition coefficient (Wildman–Crippen LogP) is 0.809. The standard InChI is InChI=1S/C10H20N2O2/c1-12(2)10(14)11-9-6-4-3-5-8(9)7-13/h8-9,13H,3-7H2,1-2H3,(H,11,14). The van der Waals surface area contributed by atoms with Crippen molar-refractivity contribution in [2.75, 3.05) is 20.7 Å². The minimum absolute atomic E-state index is 0.0599. The third-order valence-corrected chi connectivity index (χ3v) is 2.86. The summed E-state index contributed by atoms with van der Waals surface area (Å²) in [7, 11) is 3.46. The smallest absolute Gasteiger partial charge is 0.317 e. The lowest BCUT2D eigenvalue weighted by atomic mass is 9.85. The molecule has 0 bridgehead atoms. The van der Waals surface area contributed by atoms with E-state index in [4.69, 9.17) is 5.11 Å². The first-order chi connectivity index (χ1) is 6.65. The van der Waals surface area contributed by atoms with E-state index in [0.717, 1.165) is 19.3 Å². The number of rotatable bonds is 2. The fraction of sp³-hybridized carbons (Fsp3) is 0.900. The number of hydrogen-bond acceptors (Lipinski definition) is 2. The van der Waals surface area contributed by atoms with Gasteiger partial charge in [0.05, 0.1) is 0 Å². The van der Waals surface area contributed by atoms with E-state index in [-0.39, 0.29) is 24.6 Å². The van der Waals surface area contributed by atoms with Gasteiger partial charge in [-0.1, -0.05) is 12.8 Å². The number of amides is 2. The number of aliphatic hydroxyl groups excluding tert-OH is 1. The summed E-state index contributed by atoms with van der Waals surface area (Å²) in [5.74, 6) is 0.243. The molecule has 0 spiro atoms. The van der Waals surface area contributed by atoms with Gasteiger partial charge < -0.3 is 15.3 Å². The number of aliphatic hydroxyl groups is 1. The van der Waals surface area contributed by atoms with Crippen LogP contribution < -0.4 is 5.32 Å². The molecule has 0 aromatic heterocycles. The molecule has 0 radical (unpaired) electrons. The Morgan fingerprint density at radius 2 is 2.07 bits per heavy atom. The number of urea groups is 1. The minimum Gasteiger partial charge on any atom is -0.396 e. The van der Waals surface area contributed by atoms with Crippen molar-refractivity contribution in [3.05, 3.63) is 0 Å². The summed E-state index contributed by atoms with van der Waals surface area (Å²) in [5, 5.41) is 12.1. The van der Waals surface area contributed by atoms with Gasteiger partial charge in [-0.15, -0.1) is 0 Å². The number of carbonyl (C=O) groups is 1. The maximum atomic E-state index is 11.4. The van der Waals surface area contributed by atoms with E-state index in [1.807, 2.05) is 0 Å². The Hall–Kier alpha value is -0.770. The van der Waals surface area contributed by atoms with E-state index < -0.39 is 0 Å². The molecule has 1 fully saturated rings. The molecule has 1 aliphatic carbocycles. The zero-order chi connectivity index (χ0) is 10.6. The van der Waals surface area contributed by atoms with Crippen molar-refractivity contribution in [1.82, 2.24) is 10.2 Å². The zero-order valence-corrected chi connectivity index (χ0v) is 8.99. The molecule has 1 saturated carbocycles. The van der Waals surface area contributed by atoms with Gasteiger partial charge in [0.2, 0.25) is 0 Å². The van der Waals surface area contributed by atoms with Crippen LogP contribution in [0.25, 0.3) is 0 Å². The van der Waals surface area contributed by atoms with Gasteiger partial charge in [-0.05, 0) is 12.8 Å². The number of nitrogens with zero attached hydrogens (tertiary/aromatic N) is 1. The van der Waals surface area contributed by atoms with Crippen molar-refractivity contribution in [3.8, 4) is 0 Å². The van der Waals surface area contributed by atoms with Crippen molar-refractivity contribution in [2.45, 2.75) is 31.7 Å². The van der Waals surface area contributed by atoms with Crippen LogP contribution in [-0.2, 0) is 0 Å². The summed E-state index contributed by atoms with van der Waals surface area (Å²) in [6, 6.07) is 0.0963. The lowest BCUT2D eigenvalue weighted by molar-refractivity contribution is 0.148. The van der Waals surface area contributed by atoms with Crippen LogP contribution >= 0.6 is 0 Å². The average molecular weight is 200 g/mol. The van der Waals surface area contributed by atoms with Crippen LogP contribution in [0.4, 0.5) is 4.79 Å². The van der Waals surface area contributed by atoms with Crippen LogP contribution in [0, 0.1) is 5.92 Å². The molecule has 2 amide bonds.